The SMILES string of the molecule is COC(=O)[C@@]1(OC[C@H]2O[C@H](OC)[C@H](OCc3ccccc3)[C@@H](OCc3ccccc3)[C@@H]2OCc2ccccc2)C[C@H](O)[C@@H](NC(C)=O)[C@H]([C@H](O)[C@H](O)CO)O1. The molecular weight excluding hydrogens is 718 g/mol. The van der Waals surface area contributed by atoms with Gasteiger partial charge in [-0.05, 0) is 16.7 Å². The van der Waals surface area contributed by atoms with Gasteiger partial charge in [0, 0.05) is 20.5 Å². The molecule has 300 valence electrons. The highest BCUT2D eigenvalue weighted by molar-refractivity contribution is 5.78. The molecule has 55 heavy (non-hydrogen) atoms. The first kappa shape index (κ1) is 42.3. The van der Waals surface area contributed by atoms with Gasteiger partial charge in [-0.2, -0.15) is 0 Å². The number of hydrogen-bond donors (Lipinski definition) is 5. The maximum atomic E-state index is 13.5. The second kappa shape index (κ2) is 20.4. The fourth-order valence-corrected chi connectivity index (χ4v) is 6.71. The Balaban J connectivity index is 1.49. The van der Waals surface area contributed by atoms with Crippen molar-refractivity contribution >= 4 is 11.9 Å². The van der Waals surface area contributed by atoms with Gasteiger partial charge in [-0.3, -0.25) is 4.79 Å². The largest absolute Gasteiger partial charge is 0.465 e. The van der Waals surface area contributed by atoms with Gasteiger partial charge < -0.3 is 63.6 Å². The van der Waals surface area contributed by atoms with Crippen molar-refractivity contribution in [3.8, 4) is 0 Å². The number of carbonyl (C=O) groups is 2. The highest BCUT2D eigenvalue weighted by Crippen LogP contribution is 2.37. The molecule has 15 heteroatoms. The molecule has 3 aromatic carbocycles. The molecule has 2 fully saturated rings. The number of rotatable bonds is 18. The van der Waals surface area contributed by atoms with Crippen LogP contribution in [0.1, 0.15) is 30.0 Å². The van der Waals surface area contributed by atoms with Crippen molar-refractivity contribution in [1.29, 1.82) is 0 Å². The van der Waals surface area contributed by atoms with Gasteiger partial charge in [-0.1, -0.05) is 91.0 Å². The molecule has 0 bridgehead atoms. The van der Waals surface area contributed by atoms with E-state index < -0.39 is 98.5 Å². The summed E-state index contributed by atoms with van der Waals surface area (Å²) in [5.41, 5.74) is 2.64. The predicted molar refractivity (Wildman–Crippen MR) is 194 cm³/mol. The van der Waals surface area contributed by atoms with E-state index in [9.17, 15) is 30.0 Å². The first-order valence-corrected chi connectivity index (χ1v) is 18.1. The normalized spacial score (nSPS) is 29.2. The lowest BCUT2D eigenvalue weighted by Crippen LogP contribution is -2.68. The van der Waals surface area contributed by atoms with Crippen molar-refractivity contribution in [3.05, 3.63) is 108 Å². The second-order valence-electron chi connectivity index (χ2n) is 13.4. The third-order valence-electron chi connectivity index (χ3n) is 9.52. The van der Waals surface area contributed by atoms with E-state index in [2.05, 4.69) is 5.32 Å². The summed E-state index contributed by atoms with van der Waals surface area (Å²) in [5, 5.41) is 44.7. The van der Waals surface area contributed by atoms with Crippen LogP contribution >= 0.6 is 0 Å². The average Bonchev–Trinajstić information content (AvgIpc) is 3.21. The van der Waals surface area contributed by atoms with Crippen LogP contribution < -0.4 is 5.32 Å². The molecule has 3 aromatic rings. The van der Waals surface area contributed by atoms with Gasteiger partial charge >= 0.3 is 5.97 Å². The van der Waals surface area contributed by atoms with Gasteiger partial charge in [0.15, 0.2) is 6.29 Å². The number of nitrogens with one attached hydrogen (secondary N) is 1. The average molecular weight is 770 g/mol. The van der Waals surface area contributed by atoms with Gasteiger partial charge in [0.2, 0.25) is 5.91 Å². The van der Waals surface area contributed by atoms with Gasteiger partial charge in [-0.25, -0.2) is 4.79 Å². The Morgan fingerprint density at radius 3 is 1.80 bits per heavy atom. The quantitative estimate of drug-likeness (QED) is 0.116. The number of ether oxygens (including phenoxy) is 8. The zero-order valence-corrected chi connectivity index (χ0v) is 31.0. The van der Waals surface area contributed by atoms with Crippen molar-refractivity contribution in [1.82, 2.24) is 5.32 Å². The van der Waals surface area contributed by atoms with E-state index in [4.69, 9.17) is 37.9 Å². The van der Waals surface area contributed by atoms with Crippen LogP contribution in [0, 0.1) is 0 Å². The fourth-order valence-electron chi connectivity index (χ4n) is 6.71. The summed E-state index contributed by atoms with van der Waals surface area (Å²) >= 11 is 0. The van der Waals surface area contributed by atoms with E-state index in [1.165, 1.54) is 14.0 Å². The standard InChI is InChI=1S/C40H51NO14/c1-25(43)41-32-29(44)19-40(39(47)49-3,55-35(32)33(46)30(45)20-42)53-24-31-34(50-21-26-13-7-4-8-14-26)36(51-22-27-15-9-5-10-16-27)37(38(48-2)54-31)52-23-28-17-11-6-12-18-28/h4-18,29-38,42,44-46H,19-24H2,1-3H3,(H,41,43)/t29-,30+,31+,32+,33+,34+,35+,36-,37+,38-,40+/m0/s1. The molecule has 5 N–H and O–H groups in total. The van der Waals surface area contributed by atoms with E-state index in [1.54, 1.807) is 0 Å². The highest BCUT2D eigenvalue weighted by Gasteiger charge is 2.57. The third-order valence-corrected chi connectivity index (χ3v) is 9.52. The van der Waals surface area contributed by atoms with Crippen molar-refractivity contribution in [2.24, 2.45) is 0 Å². The maximum absolute atomic E-state index is 13.5. The molecule has 0 saturated carbocycles. The molecule has 0 aromatic heterocycles. The molecule has 2 saturated heterocycles. The topological polar surface area (TPSA) is 201 Å². The molecule has 0 radical (unpaired) electrons. The van der Waals surface area contributed by atoms with Crippen molar-refractivity contribution in [2.75, 3.05) is 27.4 Å². The Kier molecular flexibility index (Phi) is 15.7. The van der Waals surface area contributed by atoms with Gasteiger partial charge in [0.05, 0.1) is 52.3 Å². The Morgan fingerprint density at radius 1 is 0.818 bits per heavy atom. The predicted octanol–water partition coefficient (Wildman–Crippen LogP) is 1.37. The lowest BCUT2D eigenvalue weighted by molar-refractivity contribution is -0.347. The van der Waals surface area contributed by atoms with Crippen molar-refractivity contribution < 1.29 is 67.9 Å². The van der Waals surface area contributed by atoms with Crippen LogP contribution in [-0.2, 0) is 67.3 Å². The number of methoxy groups -OCH3 is 2. The monoisotopic (exact) mass is 769 g/mol. The van der Waals surface area contributed by atoms with Crippen LogP contribution in [0.25, 0.3) is 0 Å². The number of esters is 1. The Labute approximate surface area is 320 Å². The summed E-state index contributed by atoms with van der Waals surface area (Å²) in [5.74, 6) is -4.05. The molecule has 0 unspecified atom stereocenters. The molecule has 1 amide bonds. The highest BCUT2D eigenvalue weighted by atomic mass is 16.8. The molecule has 0 aliphatic carbocycles. The first-order chi connectivity index (χ1) is 26.6. The lowest BCUT2D eigenvalue weighted by Gasteiger charge is -2.48. The number of hydrogen-bond acceptors (Lipinski definition) is 14. The Hall–Kier alpha value is -3.84. The summed E-state index contributed by atoms with van der Waals surface area (Å²) < 4.78 is 49.4. The third kappa shape index (κ3) is 10.9. The van der Waals surface area contributed by atoms with E-state index in [-0.39, 0.29) is 19.8 Å². The van der Waals surface area contributed by atoms with Crippen molar-refractivity contribution in [3.63, 3.8) is 0 Å². The molecule has 5 rings (SSSR count). The number of carbonyl (C=O) groups excluding carboxylic acids is 2. The number of aliphatic hydroxyl groups excluding tert-OH is 4. The van der Waals surface area contributed by atoms with Crippen LogP contribution in [0.15, 0.2) is 91.0 Å². The van der Waals surface area contributed by atoms with Gasteiger partial charge in [-0.15, -0.1) is 0 Å². The fraction of sp³-hybridized carbons (Fsp3) is 0.500. The number of benzene rings is 3. The first-order valence-electron chi connectivity index (χ1n) is 18.1. The van der Waals surface area contributed by atoms with Crippen molar-refractivity contribution in [2.45, 2.75) is 100 Å². The minimum atomic E-state index is -2.39. The summed E-state index contributed by atoms with van der Waals surface area (Å²) in [6.45, 7) is 0.360. The number of aliphatic hydroxyl groups is 4. The lowest BCUT2D eigenvalue weighted by atomic mass is 9.88. The summed E-state index contributed by atoms with van der Waals surface area (Å²) in [4.78, 5) is 25.6. The molecule has 15 nitrogen and oxygen atoms in total. The molecule has 2 aliphatic rings. The maximum Gasteiger partial charge on any atom is 0.366 e. The second-order valence-corrected chi connectivity index (χ2v) is 13.4. The van der Waals surface area contributed by atoms with E-state index >= 15 is 0 Å². The molecule has 0 spiro atoms. The van der Waals surface area contributed by atoms with E-state index in [0.29, 0.717) is 0 Å². The van der Waals surface area contributed by atoms with Gasteiger partial charge in [0.25, 0.3) is 5.79 Å². The minimum absolute atomic E-state index is 0.128. The van der Waals surface area contributed by atoms with Crippen LogP contribution in [0.3, 0.4) is 0 Å². The van der Waals surface area contributed by atoms with Crippen LogP contribution in [0.4, 0.5) is 0 Å². The van der Waals surface area contributed by atoms with Gasteiger partial charge in [0.1, 0.15) is 42.7 Å². The van der Waals surface area contributed by atoms with Crippen LogP contribution in [0.2, 0.25) is 0 Å². The smallest absolute Gasteiger partial charge is 0.366 e. The zero-order valence-electron chi connectivity index (χ0n) is 31.0. The summed E-state index contributed by atoms with van der Waals surface area (Å²) in [6.07, 6.45) is -12.1. The molecule has 2 aliphatic heterocycles. The number of amides is 1. The zero-order chi connectivity index (χ0) is 39.4. The van der Waals surface area contributed by atoms with Crippen LogP contribution in [0.5, 0.6) is 0 Å². The Bertz CT molecular complexity index is 1600. The van der Waals surface area contributed by atoms with E-state index in [1.807, 2.05) is 91.0 Å². The minimum Gasteiger partial charge on any atom is -0.465 e. The summed E-state index contributed by atoms with van der Waals surface area (Å²) in [7, 11) is 2.54. The summed E-state index contributed by atoms with van der Waals surface area (Å²) in [6, 6.07) is 27.2. The van der Waals surface area contributed by atoms with E-state index in [0.717, 1.165) is 23.8 Å². The Morgan fingerprint density at radius 2 is 1.33 bits per heavy atom. The molecule has 11 atom stereocenters. The van der Waals surface area contributed by atoms with Crippen LogP contribution in [-0.4, -0.2) is 127 Å². The molecular formula is C40H51NO14. The molecule has 2 heterocycles.